The second kappa shape index (κ2) is 9.33. The van der Waals surface area contributed by atoms with Crippen molar-refractivity contribution in [3.8, 4) is 11.5 Å². The lowest BCUT2D eigenvalue weighted by molar-refractivity contribution is 0.0947. The van der Waals surface area contributed by atoms with Crippen LogP contribution >= 0.6 is 15.9 Å². The van der Waals surface area contributed by atoms with E-state index in [1.54, 1.807) is 13.0 Å². The number of amides is 1. The van der Waals surface area contributed by atoms with Crippen molar-refractivity contribution >= 4 is 21.8 Å². The molecular weight excluding hydrogens is 398 g/mol. The van der Waals surface area contributed by atoms with E-state index in [-0.39, 0.29) is 28.5 Å². The van der Waals surface area contributed by atoms with Gasteiger partial charge in [-0.05, 0) is 58.7 Å². The first kappa shape index (κ1) is 20.9. The van der Waals surface area contributed by atoms with Gasteiger partial charge >= 0.3 is 0 Å². The summed E-state index contributed by atoms with van der Waals surface area (Å²) in [5.41, 5.74) is 0.586. The fraction of sp³-hybridized carbons (Fsp3) is 0.235. The van der Waals surface area contributed by atoms with Crippen LogP contribution in [0.4, 0.5) is 8.78 Å². The van der Waals surface area contributed by atoms with Gasteiger partial charge in [0.05, 0.1) is 23.8 Å². The summed E-state index contributed by atoms with van der Waals surface area (Å²) in [6.07, 6.45) is 0. The van der Waals surface area contributed by atoms with Gasteiger partial charge in [-0.15, -0.1) is 0 Å². The van der Waals surface area contributed by atoms with E-state index in [2.05, 4.69) is 21.2 Å². The fourth-order valence-corrected chi connectivity index (χ4v) is 2.46. The lowest BCUT2D eigenvalue weighted by Crippen LogP contribution is -2.23. The molecule has 0 aliphatic carbocycles. The molecule has 0 radical (unpaired) electrons. The van der Waals surface area contributed by atoms with E-state index < -0.39 is 17.5 Å². The maximum absolute atomic E-state index is 13.9. The third-order valence-electron chi connectivity index (χ3n) is 3.21. The Kier molecular flexibility index (Phi) is 7.79. The number of nitrogens with one attached hydrogen (secondary N) is 1. The highest BCUT2D eigenvalue weighted by atomic mass is 79.9. The fourth-order valence-electron chi connectivity index (χ4n) is 2.12. The monoisotopic (exact) mass is 416 g/mol. The summed E-state index contributed by atoms with van der Waals surface area (Å²) in [5, 5.41) is 2.61. The number of benzene rings is 2. The molecule has 0 bridgehead atoms. The summed E-state index contributed by atoms with van der Waals surface area (Å²) >= 11 is 3.11. The molecule has 0 aliphatic heterocycles. The van der Waals surface area contributed by atoms with Crippen LogP contribution in [-0.2, 0) is 6.54 Å². The zero-order valence-corrected chi connectivity index (χ0v) is 15.5. The Hall–Kier alpha value is -2.19. The highest BCUT2D eigenvalue weighted by Crippen LogP contribution is 2.29. The molecule has 2 aromatic carbocycles. The maximum Gasteiger partial charge on any atom is 0.255 e. The van der Waals surface area contributed by atoms with Crippen LogP contribution < -0.4 is 20.9 Å². The SMILES string of the molecule is CCOc1cc(CNC(=O)c2cc(F)ccc2OC)cc(F)c1Br.N. The summed E-state index contributed by atoms with van der Waals surface area (Å²) in [6, 6.07) is 6.57. The van der Waals surface area contributed by atoms with Gasteiger partial charge in [-0.1, -0.05) is 0 Å². The molecule has 8 heteroatoms. The van der Waals surface area contributed by atoms with E-state index in [1.807, 2.05) is 0 Å². The van der Waals surface area contributed by atoms with Crippen molar-refractivity contribution < 1.29 is 23.0 Å². The molecule has 136 valence electrons. The van der Waals surface area contributed by atoms with Crippen molar-refractivity contribution in [1.29, 1.82) is 0 Å². The topological polar surface area (TPSA) is 82.6 Å². The van der Waals surface area contributed by atoms with E-state index in [1.165, 1.54) is 25.3 Å². The summed E-state index contributed by atoms with van der Waals surface area (Å²) in [5.74, 6) is -0.952. The minimum atomic E-state index is -0.547. The third-order valence-corrected chi connectivity index (χ3v) is 3.98. The van der Waals surface area contributed by atoms with Crippen molar-refractivity contribution in [2.75, 3.05) is 13.7 Å². The molecule has 0 unspecified atom stereocenters. The molecule has 5 nitrogen and oxygen atoms in total. The van der Waals surface area contributed by atoms with Crippen LogP contribution in [0.25, 0.3) is 0 Å². The molecule has 0 aromatic heterocycles. The standard InChI is InChI=1S/C17H16BrF2NO3.H3N/c1-3-24-15-7-10(6-13(20)16(15)18)9-21-17(22)12-8-11(19)4-5-14(12)23-2;/h4-8H,3,9H2,1-2H3,(H,21,22);1H3. The molecule has 1 amide bonds. The lowest BCUT2D eigenvalue weighted by Gasteiger charge is -2.12. The summed E-state index contributed by atoms with van der Waals surface area (Å²) in [4.78, 5) is 12.2. The number of ether oxygens (including phenoxy) is 2. The second-order valence-electron chi connectivity index (χ2n) is 4.85. The highest BCUT2D eigenvalue weighted by molar-refractivity contribution is 9.10. The van der Waals surface area contributed by atoms with Gasteiger partial charge < -0.3 is 20.9 Å². The van der Waals surface area contributed by atoms with Gasteiger partial charge in [0.2, 0.25) is 0 Å². The van der Waals surface area contributed by atoms with Crippen molar-refractivity contribution in [2.24, 2.45) is 0 Å². The Bertz CT molecular complexity index is 757. The Balaban J connectivity index is 0.00000312. The first-order valence-electron chi connectivity index (χ1n) is 7.18. The van der Waals surface area contributed by atoms with Crippen LogP contribution in [-0.4, -0.2) is 19.6 Å². The number of rotatable bonds is 6. The lowest BCUT2D eigenvalue weighted by atomic mass is 10.1. The Morgan fingerprint density at radius 3 is 2.56 bits per heavy atom. The molecule has 0 spiro atoms. The van der Waals surface area contributed by atoms with Gasteiger partial charge in [0.15, 0.2) is 0 Å². The Morgan fingerprint density at radius 2 is 1.92 bits per heavy atom. The minimum Gasteiger partial charge on any atom is -0.496 e. The molecule has 0 heterocycles. The number of carbonyl (C=O) groups is 1. The predicted molar refractivity (Wildman–Crippen MR) is 94.4 cm³/mol. The molecule has 0 saturated carbocycles. The Labute approximate surface area is 153 Å². The minimum absolute atomic E-state index is 0. The largest absolute Gasteiger partial charge is 0.496 e. The van der Waals surface area contributed by atoms with Crippen molar-refractivity contribution in [1.82, 2.24) is 11.5 Å². The van der Waals surface area contributed by atoms with E-state index in [4.69, 9.17) is 9.47 Å². The van der Waals surface area contributed by atoms with Crippen molar-refractivity contribution in [3.63, 3.8) is 0 Å². The van der Waals surface area contributed by atoms with Crippen LogP contribution in [0.5, 0.6) is 11.5 Å². The maximum atomic E-state index is 13.9. The number of methoxy groups -OCH3 is 1. The van der Waals surface area contributed by atoms with E-state index in [9.17, 15) is 13.6 Å². The molecule has 2 rings (SSSR count). The first-order chi connectivity index (χ1) is 11.5. The third kappa shape index (κ3) is 5.14. The highest BCUT2D eigenvalue weighted by Gasteiger charge is 2.15. The number of halogens is 3. The summed E-state index contributed by atoms with van der Waals surface area (Å²) < 4.78 is 37.8. The van der Waals surface area contributed by atoms with Gasteiger partial charge in [0, 0.05) is 6.54 Å². The summed E-state index contributed by atoms with van der Waals surface area (Å²) in [7, 11) is 1.39. The van der Waals surface area contributed by atoms with Crippen LogP contribution in [0, 0.1) is 11.6 Å². The van der Waals surface area contributed by atoms with Crippen LogP contribution in [0.15, 0.2) is 34.8 Å². The summed E-state index contributed by atoms with van der Waals surface area (Å²) in [6.45, 7) is 2.23. The van der Waals surface area contributed by atoms with Crippen molar-refractivity contribution in [2.45, 2.75) is 13.5 Å². The van der Waals surface area contributed by atoms with E-state index >= 15 is 0 Å². The van der Waals surface area contributed by atoms with E-state index in [0.29, 0.717) is 17.9 Å². The van der Waals surface area contributed by atoms with Crippen LogP contribution in [0.2, 0.25) is 0 Å². The zero-order valence-electron chi connectivity index (χ0n) is 13.9. The molecule has 0 saturated heterocycles. The smallest absolute Gasteiger partial charge is 0.255 e. The van der Waals surface area contributed by atoms with Gasteiger partial charge in [0.1, 0.15) is 23.1 Å². The number of hydrogen-bond acceptors (Lipinski definition) is 4. The predicted octanol–water partition coefficient (Wildman–Crippen LogP) is 4.23. The van der Waals surface area contributed by atoms with E-state index in [0.717, 1.165) is 6.07 Å². The van der Waals surface area contributed by atoms with Gasteiger partial charge in [-0.2, -0.15) is 0 Å². The molecule has 2 aromatic rings. The van der Waals surface area contributed by atoms with Gasteiger partial charge in [0.25, 0.3) is 5.91 Å². The average Bonchev–Trinajstić information content (AvgIpc) is 2.57. The molecule has 0 aliphatic rings. The molecule has 0 fully saturated rings. The molecule has 4 N–H and O–H groups in total. The Morgan fingerprint density at radius 1 is 1.20 bits per heavy atom. The second-order valence-corrected chi connectivity index (χ2v) is 5.64. The normalized spacial score (nSPS) is 9.96. The van der Waals surface area contributed by atoms with Crippen LogP contribution in [0.3, 0.4) is 0 Å². The van der Waals surface area contributed by atoms with Gasteiger partial charge in [-0.25, -0.2) is 8.78 Å². The number of carbonyl (C=O) groups excluding carboxylic acids is 1. The molecule has 25 heavy (non-hydrogen) atoms. The van der Waals surface area contributed by atoms with Gasteiger partial charge in [-0.3, -0.25) is 4.79 Å². The van der Waals surface area contributed by atoms with Crippen molar-refractivity contribution in [3.05, 3.63) is 57.6 Å². The first-order valence-corrected chi connectivity index (χ1v) is 7.98. The van der Waals surface area contributed by atoms with Crippen LogP contribution in [0.1, 0.15) is 22.8 Å². The quantitative estimate of drug-likeness (QED) is 0.737. The zero-order chi connectivity index (χ0) is 17.7. The number of hydrogen-bond donors (Lipinski definition) is 2. The molecule has 0 atom stereocenters. The molecular formula is C17H19BrF2N2O3. The average molecular weight is 417 g/mol.